The maximum Gasteiger partial charge on any atom is 0.270 e. The Balaban J connectivity index is 1.53. The van der Waals surface area contributed by atoms with E-state index in [9.17, 15) is 4.79 Å². The van der Waals surface area contributed by atoms with Crippen molar-refractivity contribution in [2.75, 3.05) is 13.2 Å². The van der Waals surface area contributed by atoms with Crippen molar-refractivity contribution in [2.24, 2.45) is 0 Å². The second kappa shape index (κ2) is 7.49. The number of aryl methyl sites for hydroxylation is 2. The number of imidazole rings is 1. The summed E-state index contributed by atoms with van der Waals surface area (Å²) in [7, 11) is 0. The van der Waals surface area contributed by atoms with Gasteiger partial charge in [0.2, 0.25) is 0 Å². The third kappa shape index (κ3) is 3.96. The number of nitrogens with zero attached hydrogens (tertiary/aromatic N) is 3. The van der Waals surface area contributed by atoms with Crippen molar-refractivity contribution >= 4 is 11.6 Å². The molecule has 126 valence electrons. The van der Waals surface area contributed by atoms with Gasteiger partial charge in [0.15, 0.2) is 0 Å². The molecule has 0 aliphatic rings. The average molecular weight is 334 g/mol. The first-order chi connectivity index (χ1) is 12.1. The molecule has 0 aliphatic carbocycles. The fourth-order valence-corrected chi connectivity index (χ4v) is 2.37. The molecule has 0 unspecified atom stereocenters. The number of carbonyl (C=O) groups is 1. The molecule has 6 nitrogen and oxygen atoms in total. The Hall–Kier alpha value is -3.33. The van der Waals surface area contributed by atoms with Crippen LogP contribution in [0, 0.1) is 25.7 Å². The Morgan fingerprint density at radius 3 is 2.92 bits per heavy atom. The molecule has 1 N–H and O–H groups in total. The van der Waals surface area contributed by atoms with Crippen molar-refractivity contribution < 1.29 is 9.53 Å². The minimum Gasteiger partial charge on any atom is -0.479 e. The van der Waals surface area contributed by atoms with E-state index in [4.69, 9.17) is 4.74 Å². The van der Waals surface area contributed by atoms with E-state index in [1.54, 1.807) is 10.6 Å². The van der Waals surface area contributed by atoms with Gasteiger partial charge in [0.25, 0.3) is 5.91 Å². The second-order valence-corrected chi connectivity index (χ2v) is 5.43. The smallest absolute Gasteiger partial charge is 0.270 e. The number of hydrogen-bond donors (Lipinski definition) is 1. The molecule has 3 aromatic heterocycles. The van der Waals surface area contributed by atoms with E-state index < -0.39 is 0 Å². The average Bonchev–Trinajstić information content (AvgIpc) is 2.95. The molecule has 3 aromatic rings. The van der Waals surface area contributed by atoms with E-state index in [0.717, 1.165) is 11.3 Å². The van der Waals surface area contributed by atoms with Crippen LogP contribution in [0.4, 0.5) is 0 Å². The van der Waals surface area contributed by atoms with Crippen LogP contribution in [-0.2, 0) is 0 Å². The Kier molecular flexibility index (Phi) is 4.95. The molecule has 3 heterocycles. The molecular formula is C19H18N4O2. The largest absolute Gasteiger partial charge is 0.479 e. The van der Waals surface area contributed by atoms with Crippen LogP contribution < -0.4 is 10.1 Å². The SMILES string of the molecule is Cc1ccc(OCC#CCNC(=O)c2c(C)nc3ccccn23)cn1. The molecular weight excluding hydrogens is 316 g/mol. The summed E-state index contributed by atoms with van der Waals surface area (Å²) < 4.78 is 7.22. The summed E-state index contributed by atoms with van der Waals surface area (Å²) in [6.45, 7) is 4.22. The Labute approximate surface area is 145 Å². The fourth-order valence-electron chi connectivity index (χ4n) is 2.37. The summed E-state index contributed by atoms with van der Waals surface area (Å²) in [4.78, 5) is 20.9. The summed E-state index contributed by atoms with van der Waals surface area (Å²) >= 11 is 0. The van der Waals surface area contributed by atoms with Crippen molar-refractivity contribution in [1.29, 1.82) is 0 Å². The molecule has 0 spiro atoms. The number of carbonyl (C=O) groups excluding carboxylic acids is 1. The molecule has 1 amide bonds. The lowest BCUT2D eigenvalue weighted by Gasteiger charge is -2.03. The van der Waals surface area contributed by atoms with Gasteiger partial charge in [-0.15, -0.1) is 0 Å². The predicted molar refractivity (Wildman–Crippen MR) is 94.5 cm³/mol. The van der Waals surface area contributed by atoms with Crippen LogP contribution in [0.2, 0.25) is 0 Å². The van der Waals surface area contributed by atoms with Gasteiger partial charge in [-0.25, -0.2) is 4.98 Å². The normalized spacial score (nSPS) is 10.2. The summed E-state index contributed by atoms with van der Waals surface area (Å²) in [5.41, 5.74) is 2.89. The van der Waals surface area contributed by atoms with Crippen LogP contribution in [-0.4, -0.2) is 33.4 Å². The first-order valence-electron chi connectivity index (χ1n) is 7.88. The second-order valence-electron chi connectivity index (χ2n) is 5.43. The van der Waals surface area contributed by atoms with Gasteiger partial charge in [-0.2, -0.15) is 0 Å². The maximum absolute atomic E-state index is 12.3. The van der Waals surface area contributed by atoms with Crippen LogP contribution in [0.1, 0.15) is 21.9 Å². The quantitative estimate of drug-likeness (QED) is 0.743. The number of rotatable bonds is 4. The molecule has 25 heavy (non-hydrogen) atoms. The van der Waals surface area contributed by atoms with Gasteiger partial charge in [-0.1, -0.05) is 17.9 Å². The number of hydrogen-bond acceptors (Lipinski definition) is 4. The van der Waals surface area contributed by atoms with Gasteiger partial charge in [-0.3, -0.25) is 14.2 Å². The van der Waals surface area contributed by atoms with Gasteiger partial charge in [-0.05, 0) is 38.1 Å². The zero-order chi connectivity index (χ0) is 17.6. The number of nitrogens with one attached hydrogen (secondary N) is 1. The lowest BCUT2D eigenvalue weighted by molar-refractivity contribution is 0.0952. The Morgan fingerprint density at radius 1 is 1.24 bits per heavy atom. The van der Waals surface area contributed by atoms with E-state index in [-0.39, 0.29) is 19.1 Å². The summed E-state index contributed by atoms with van der Waals surface area (Å²) in [6.07, 6.45) is 3.48. The van der Waals surface area contributed by atoms with Crippen LogP contribution in [0.5, 0.6) is 5.75 Å². The van der Waals surface area contributed by atoms with E-state index in [1.807, 2.05) is 50.4 Å². The zero-order valence-corrected chi connectivity index (χ0v) is 14.1. The zero-order valence-electron chi connectivity index (χ0n) is 14.1. The van der Waals surface area contributed by atoms with Crippen molar-refractivity contribution in [3.63, 3.8) is 0 Å². The van der Waals surface area contributed by atoms with Gasteiger partial charge in [0.05, 0.1) is 18.4 Å². The van der Waals surface area contributed by atoms with Crippen molar-refractivity contribution in [1.82, 2.24) is 19.7 Å². The minimum absolute atomic E-state index is 0.200. The third-order valence-corrected chi connectivity index (χ3v) is 3.58. The van der Waals surface area contributed by atoms with Crippen LogP contribution in [0.15, 0.2) is 42.7 Å². The molecule has 0 atom stereocenters. The van der Waals surface area contributed by atoms with E-state index in [1.165, 1.54) is 0 Å². The number of pyridine rings is 2. The monoisotopic (exact) mass is 334 g/mol. The van der Waals surface area contributed by atoms with Crippen LogP contribution in [0.3, 0.4) is 0 Å². The third-order valence-electron chi connectivity index (χ3n) is 3.58. The molecule has 0 radical (unpaired) electrons. The van der Waals surface area contributed by atoms with E-state index in [2.05, 4.69) is 27.1 Å². The maximum atomic E-state index is 12.3. The molecule has 0 bridgehead atoms. The highest BCUT2D eigenvalue weighted by Gasteiger charge is 2.15. The van der Waals surface area contributed by atoms with E-state index >= 15 is 0 Å². The topological polar surface area (TPSA) is 68.5 Å². The molecule has 0 fully saturated rings. The first kappa shape index (κ1) is 16.5. The molecule has 0 saturated heterocycles. The molecule has 3 rings (SSSR count). The summed E-state index contributed by atoms with van der Waals surface area (Å²) in [5, 5.41) is 2.78. The van der Waals surface area contributed by atoms with Crippen LogP contribution >= 0.6 is 0 Å². The molecule has 0 aromatic carbocycles. The number of amides is 1. The lowest BCUT2D eigenvalue weighted by atomic mass is 10.3. The van der Waals surface area contributed by atoms with Gasteiger partial charge in [0.1, 0.15) is 23.7 Å². The molecule has 6 heteroatoms. The Morgan fingerprint density at radius 2 is 2.12 bits per heavy atom. The summed E-state index contributed by atoms with van der Waals surface area (Å²) in [6, 6.07) is 9.34. The number of fused-ring (bicyclic) bond motifs is 1. The molecule has 0 saturated carbocycles. The number of ether oxygens (including phenoxy) is 1. The highest BCUT2D eigenvalue weighted by Crippen LogP contribution is 2.11. The van der Waals surface area contributed by atoms with Crippen molar-refractivity contribution in [3.8, 4) is 17.6 Å². The first-order valence-corrected chi connectivity index (χ1v) is 7.88. The highest BCUT2D eigenvalue weighted by atomic mass is 16.5. The van der Waals surface area contributed by atoms with Crippen LogP contribution in [0.25, 0.3) is 5.65 Å². The minimum atomic E-state index is -0.200. The van der Waals surface area contributed by atoms with Gasteiger partial charge < -0.3 is 10.1 Å². The van der Waals surface area contributed by atoms with Gasteiger partial charge >= 0.3 is 0 Å². The van der Waals surface area contributed by atoms with E-state index in [0.29, 0.717) is 17.1 Å². The van der Waals surface area contributed by atoms with Gasteiger partial charge in [0, 0.05) is 11.9 Å². The Bertz CT molecular complexity index is 949. The summed E-state index contributed by atoms with van der Waals surface area (Å²) in [5.74, 6) is 6.21. The van der Waals surface area contributed by atoms with Crippen molar-refractivity contribution in [3.05, 3.63) is 59.8 Å². The lowest BCUT2D eigenvalue weighted by Crippen LogP contribution is -2.25. The number of aromatic nitrogens is 3. The predicted octanol–water partition coefficient (Wildman–Crippen LogP) is 2.16. The standard InChI is InChI=1S/C19H18N4O2/c1-14-8-9-16(13-21-14)25-12-6-4-10-20-19(24)18-15(2)22-17-7-3-5-11-23(17)18/h3,5,7-9,11,13H,10,12H2,1-2H3,(H,20,24). The van der Waals surface area contributed by atoms with Crippen molar-refractivity contribution in [2.45, 2.75) is 13.8 Å². The highest BCUT2D eigenvalue weighted by molar-refractivity contribution is 5.94. The fraction of sp³-hybridized carbons (Fsp3) is 0.211. The molecule has 0 aliphatic heterocycles.